The Hall–Kier alpha value is -3.67. The van der Waals surface area contributed by atoms with Crippen molar-refractivity contribution in [2.24, 2.45) is 0 Å². The highest BCUT2D eigenvalue weighted by atomic mass is 16.7. The number of carbonyl (C=O) groups is 1. The quantitative estimate of drug-likeness (QED) is 0.498. The maximum absolute atomic E-state index is 12.8. The van der Waals surface area contributed by atoms with Gasteiger partial charge in [0.25, 0.3) is 0 Å². The molecule has 0 saturated carbocycles. The topological polar surface area (TPSA) is 69.9 Å². The van der Waals surface area contributed by atoms with Gasteiger partial charge < -0.3 is 23.9 Å². The van der Waals surface area contributed by atoms with Crippen molar-refractivity contribution in [3.63, 3.8) is 0 Å². The minimum atomic E-state index is -0.390. The average Bonchev–Trinajstić information content (AvgIpc) is 3.31. The van der Waals surface area contributed by atoms with E-state index in [1.165, 1.54) is 0 Å². The number of phenolic OH excluding ortho intramolecular Hbond substituents is 1. The van der Waals surface area contributed by atoms with Crippen molar-refractivity contribution in [1.82, 2.24) is 4.57 Å². The van der Waals surface area contributed by atoms with E-state index < -0.39 is 0 Å². The summed E-state index contributed by atoms with van der Waals surface area (Å²) in [7, 11) is 0. The van der Waals surface area contributed by atoms with Crippen molar-refractivity contribution in [3.05, 3.63) is 65.4 Å². The lowest BCUT2D eigenvalue weighted by atomic mass is 10.0. The minimum absolute atomic E-state index is 0.142. The van der Waals surface area contributed by atoms with E-state index in [0.717, 1.165) is 39.0 Å². The summed E-state index contributed by atoms with van der Waals surface area (Å²) in [6.07, 6.45) is 0. The molecule has 0 aliphatic carbocycles. The summed E-state index contributed by atoms with van der Waals surface area (Å²) in [5.41, 5.74) is 3.18. The van der Waals surface area contributed by atoms with Crippen LogP contribution in [0.2, 0.25) is 0 Å². The van der Waals surface area contributed by atoms with Crippen molar-refractivity contribution in [2.45, 2.75) is 20.4 Å². The van der Waals surface area contributed by atoms with Gasteiger partial charge in [-0.05, 0) is 37.6 Å². The third-order valence-electron chi connectivity index (χ3n) is 5.56. The molecular formula is C24H21NO5. The zero-order valence-corrected chi connectivity index (χ0v) is 16.8. The van der Waals surface area contributed by atoms with Gasteiger partial charge in [-0.25, -0.2) is 4.79 Å². The van der Waals surface area contributed by atoms with Gasteiger partial charge in [0.05, 0.1) is 17.7 Å². The maximum atomic E-state index is 12.8. The van der Waals surface area contributed by atoms with Gasteiger partial charge in [0.1, 0.15) is 5.75 Å². The monoisotopic (exact) mass is 403 g/mol. The summed E-state index contributed by atoms with van der Waals surface area (Å²) in [5, 5.41) is 12.9. The molecule has 0 unspecified atom stereocenters. The molecule has 30 heavy (non-hydrogen) atoms. The van der Waals surface area contributed by atoms with Crippen molar-refractivity contribution < 1.29 is 24.1 Å². The molecule has 6 nitrogen and oxygen atoms in total. The SMILES string of the molecule is CCOC(=O)c1c(C)n(Cc2ccc3c(c2)OCO3)c2c1cc(O)c1ccccc12. The Kier molecular flexibility index (Phi) is 4.28. The Morgan fingerprint density at radius 1 is 1.07 bits per heavy atom. The Morgan fingerprint density at radius 2 is 1.83 bits per heavy atom. The summed E-state index contributed by atoms with van der Waals surface area (Å²) in [5.74, 6) is 1.20. The van der Waals surface area contributed by atoms with Gasteiger partial charge in [-0.3, -0.25) is 0 Å². The van der Waals surface area contributed by atoms with Crippen LogP contribution >= 0.6 is 0 Å². The second kappa shape index (κ2) is 6.99. The number of benzene rings is 3. The van der Waals surface area contributed by atoms with E-state index >= 15 is 0 Å². The molecule has 0 fully saturated rings. The van der Waals surface area contributed by atoms with Gasteiger partial charge in [0.2, 0.25) is 6.79 Å². The van der Waals surface area contributed by atoms with E-state index in [2.05, 4.69) is 4.57 Å². The zero-order valence-electron chi connectivity index (χ0n) is 16.8. The van der Waals surface area contributed by atoms with Crippen LogP contribution in [-0.4, -0.2) is 29.0 Å². The number of fused-ring (bicyclic) bond motifs is 4. The van der Waals surface area contributed by atoms with Crippen molar-refractivity contribution in [2.75, 3.05) is 13.4 Å². The number of aromatic hydroxyl groups is 1. The summed E-state index contributed by atoms with van der Waals surface area (Å²) < 4.78 is 18.4. The molecule has 0 radical (unpaired) electrons. The first-order valence-electron chi connectivity index (χ1n) is 9.87. The highest BCUT2D eigenvalue weighted by molar-refractivity contribution is 6.16. The molecule has 6 heteroatoms. The molecule has 2 heterocycles. The third kappa shape index (κ3) is 2.76. The fourth-order valence-electron chi connectivity index (χ4n) is 4.20. The van der Waals surface area contributed by atoms with Crippen LogP contribution in [0.3, 0.4) is 0 Å². The van der Waals surface area contributed by atoms with Crippen LogP contribution in [0, 0.1) is 6.92 Å². The molecule has 0 bridgehead atoms. The van der Waals surface area contributed by atoms with Gasteiger partial charge >= 0.3 is 5.97 Å². The largest absolute Gasteiger partial charge is 0.507 e. The molecule has 152 valence electrons. The number of aromatic nitrogens is 1. The number of nitrogens with zero attached hydrogens (tertiary/aromatic N) is 1. The Morgan fingerprint density at radius 3 is 2.63 bits per heavy atom. The predicted octanol–water partition coefficient (Wildman–Crippen LogP) is 4.76. The van der Waals surface area contributed by atoms with Crippen LogP contribution in [0.15, 0.2) is 48.5 Å². The Bertz CT molecular complexity index is 1300. The Labute approximate surface area is 173 Å². The first-order chi connectivity index (χ1) is 14.6. The van der Waals surface area contributed by atoms with Crippen LogP contribution < -0.4 is 9.47 Å². The van der Waals surface area contributed by atoms with Crippen LogP contribution in [0.5, 0.6) is 17.2 Å². The fourth-order valence-corrected chi connectivity index (χ4v) is 4.20. The second-order valence-corrected chi connectivity index (χ2v) is 7.29. The van der Waals surface area contributed by atoms with Gasteiger partial charge in [0.15, 0.2) is 11.5 Å². The number of phenols is 1. The normalized spacial score (nSPS) is 12.6. The fraction of sp³-hybridized carbons (Fsp3) is 0.208. The molecule has 0 amide bonds. The molecule has 4 aromatic rings. The zero-order chi connectivity index (χ0) is 20.8. The highest BCUT2D eigenvalue weighted by Gasteiger charge is 2.24. The molecule has 0 saturated heterocycles. The van der Waals surface area contributed by atoms with Gasteiger partial charge in [-0.2, -0.15) is 0 Å². The highest BCUT2D eigenvalue weighted by Crippen LogP contribution is 2.39. The van der Waals surface area contributed by atoms with E-state index in [9.17, 15) is 9.90 Å². The maximum Gasteiger partial charge on any atom is 0.340 e. The first kappa shape index (κ1) is 18.4. The first-order valence-corrected chi connectivity index (χ1v) is 9.87. The third-order valence-corrected chi connectivity index (χ3v) is 5.56. The standard InChI is InChI=1S/C24H21NO5/c1-3-28-24(27)22-14(2)25(12-15-8-9-20-21(10-15)30-13-29-20)23-17-7-5-4-6-16(17)19(26)11-18(22)23/h4-11,26H,3,12-13H2,1-2H3. The van der Waals surface area contributed by atoms with E-state index in [-0.39, 0.29) is 25.1 Å². The summed E-state index contributed by atoms with van der Waals surface area (Å²) in [4.78, 5) is 12.8. The molecule has 1 N–H and O–H groups in total. The molecule has 1 aliphatic rings. The molecule has 0 spiro atoms. The summed E-state index contributed by atoms with van der Waals surface area (Å²) in [6, 6.07) is 15.2. The molecule has 0 atom stereocenters. The lowest BCUT2D eigenvalue weighted by molar-refractivity contribution is 0.0527. The average molecular weight is 403 g/mol. The van der Waals surface area contributed by atoms with Crippen LogP contribution in [0.25, 0.3) is 21.7 Å². The number of esters is 1. The van der Waals surface area contributed by atoms with E-state index in [1.807, 2.05) is 49.4 Å². The van der Waals surface area contributed by atoms with Crippen molar-refractivity contribution in [1.29, 1.82) is 0 Å². The number of hydrogen-bond acceptors (Lipinski definition) is 5. The number of hydrogen-bond donors (Lipinski definition) is 1. The Balaban J connectivity index is 1.77. The van der Waals surface area contributed by atoms with Crippen LogP contribution in [-0.2, 0) is 11.3 Å². The molecule has 5 rings (SSSR count). The van der Waals surface area contributed by atoms with E-state index in [4.69, 9.17) is 14.2 Å². The number of carbonyl (C=O) groups excluding carboxylic acids is 1. The summed E-state index contributed by atoms with van der Waals surface area (Å²) in [6.45, 7) is 4.73. The predicted molar refractivity (Wildman–Crippen MR) is 113 cm³/mol. The second-order valence-electron chi connectivity index (χ2n) is 7.29. The van der Waals surface area contributed by atoms with Gasteiger partial charge in [0, 0.05) is 28.4 Å². The molecule has 1 aromatic heterocycles. The van der Waals surface area contributed by atoms with Gasteiger partial charge in [-0.1, -0.05) is 30.3 Å². The van der Waals surface area contributed by atoms with Crippen LogP contribution in [0.1, 0.15) is 28.5 Å². The van der Waals surface area contributed by atoms with Gasteiger partial charge in [-0.15, -0.1) is 0 Å². The minimum Gasteiger partial charge on any atom is -0.507 e. The molecule has 3 aromatic carbocycles. The van der Waals surface area contributed by atoms with Crippen molar-refractivity contribution >= 4 is 27.6 Å². The summed E-state index contributed by atoms with van der Waals surface area (Å²) >= 11 is 0. The number of rotatable bonds is 4. The number of ether oxygens (including phenoxy) is 3. The van der Waals surface area contributed by atoms with E-state index in [0.29, 0.717) is 17.5 Å². The lowest BCUT2D eigenvalue weighted by Crippen LogP contribution is -2.08. The smallest absolute Gasteiger partial charge is 0.340 e. The van der Waals surface area contributed by atoms with E-state index in [1.54, 1.807) is 13.0 Å². The molecular weight excluding hydrogens is 382 g/mol. The van der Waals surface area contributed by atoms with Crippen molar-refractivity contribution in [3.8, 4) is 17.2 Å². The molecule has 1 aliphatic heterocycles. The lowest BCUT2D eigenvalue weighted by Gasteiger charge is -2.12. The van der Waals surface area contributed by atoms with Crippen LogP contribution in [0.4, 0.5) is 0 Å².